The Balaban J connectivity index is 3.60. The number of benzene rings is 1. The molecule has 0 spiro atoms. The van der Waals surface area contributed by atoms with Gasteiger partial charge in [0.05, 0.1) is 15.4 Å². The van der Waals surface area contributed by atoms with Crippen molar-refractivity contribution >= 4 is 15.5 Å². The number of hydrogen-bond acceptors (Lipinski definition) is 4. The molecular weight excluding hydrogens is 263 g/mol. The van der Waals surface area contributed by atoms with E-state index in [-0.39, 0.29) is 6.07 Å². The minimum atomic E-state index is -4.97. The molecule has 0 fully saturated rings. The van der Waals surface area contributed by atoms with E-state index in [0.717, 1.165) is 0 Å². The molecule has 0 heterocycles. The summed E-state index contributed by atoms with van der Waals surface area (Å²) in [4.78, 5) is 8.33. The van der Waals surface area contributed by atoms with Gasteiger partial charge in [0.25, 0.3) is 5.69 Å². The average Bonchev–Trinajstić information content (AvgIpc) is 2.14. The van der Waals surface area contributed by atoms with Gasteiger partial charge in [0.1, 0.15) is 0 Å². The topological polar surface area (TPSA) is 77.3 Å². The molecule has 0 aliphatic rings. The maximum Gasteiger partial charge on any atom is 0.417 e. The van der Waals surface area contributed by atoms with E-state index >= 15 is 0 Å². The van der Waals surface area contributed by atoms with Crippen LogP contribution in [0.15, 0.2) is 23.1 Å². The molecule has 0 unspecified atom stereocenters. The van der Waals surface area contributed by atoms with Crippen molar-refractivity contribution in [3.05, 3.63) is 33.9 Å². The summed E-state index contributed by atoms with van der Waals surface area (Å²) in [5.74, 6) is 0. The molecule has 0 radical (unpaired) electrons. The van der Waals surface area contributed by atoms with Gasteiger partial charge in [-0.25, -0.2) is 8.42 Å². The Morgan fingerprint density at radius 2 is 1.82 bits per heavy atom. The van der Waals surface area contributed by atoms with Crippen LogP contribution in [-0.2, 0) is 16.0 Å². The SMILES string of the molecule is CS(=O)(=O)c1ccc([N+](=O)[O-])cc1C(F)(F)F. The maximum atomic E-state index is 12.5. The third kappa shape index (κ3) is 2.93. The summed E-state index contributed by atoms with van der Waals surface area (Å²) in [5.41, 5.74) is -2.35. The Labute approximate surface area is 93.9 Å². The molecular formula is C8H6F3NO4S. The normalized spacial score (nSPS) is 12.5. The second-order valence-electron chi connectivity index (χ2n) is 3.21. The van der Waals surface area contributed by atoms with Crippen molar-refractivity contribution in [1.29, 1.82) is 0 Å². The average molecular weight is 269 g/mol. The van der Waals surface area contributed by atoms with Crippen molar-refractivity contribution < 1.29 is 26.5 Å². The van der Waals surface area contributed by atoms with Crippen LogP contribution in [0.4, 0.5) is 18.9 Å². The first-order valence-electron chi connectivity index (χ1n) is 4.09. The Kier molecular flexibility index (Phi) is 3.15. The molecule has 94 valence electrons. The lowest BCUT2D eigenvalue weighted by molar-refractivity contribution is -0.385. The molecule has 0 aromatic heterocycles. The Morgan fingerprint density at radius 1 is 1.29 bits per heavy atom. The van der Waals surface area contributed by atoms with Gasteiger partial charge in [-0.05, 0) is 6.07 Å². The monoisotopic (exact) mass is 269 g/mol. The van der Waals surface area contributed by atoms with Crippen LogP contribution in [0.25, 0.3) is 0 Å². The van der Waals surface area contributed by atoms with Crippen molar-refractivity contribution in [2.75, 3.05) is 6.26 Å². The first-order valence-corrected chi connectivity index (χ1v) is 5.98. The number of rotatable bonds is 2. The molecule has 0 saturated heterocycles. The van der Waals surface area contributed by atoms with Crippen molar-refractivity contribution in [2.45, 2.75) is 11.1 Å². The molecule has 17 heavy (non-hydrogen) atoms. The molecule has 9 heteroatoms. The summed E-state index contributed by atoms with van der Waals surface area (Å²) in [7, 11) is -4.10. The zero-order valence-corrected chi connectivity index (χ0v) is 9.17. The van der Waals surface area contributed by atoms with Gasteiger partial charge in [-0.2, -0.15) is 13.2 Å². The Bertz CT molecular complexity index is 565. The highest BCUT2D eigenvalue weighted by Gasteiger charge is 2.37. The number of non-ortho nitro benzene ring substituents is 1. The minimum Gasteiger partial charge on any atom is -0.258 e. The highest BCUT2D eigenvalue weighted by atomic mass is 32.2. The van der Waals surface area contributed by atoms with E-state index in [1.807, 2.05) is 0 Å². The van der Waals surface area contributed by atoms with Gasteiger partial charge in [0.15, 0.2) is 9.84 Å². The molecule has 0 atom stereocenters. The molecule has 1 aromatic carbocycles. The highest BCUT2D eigenvalue weighted by Crippen LogP contribution is 2.36. The maximum absolute atomic E-state index is 12.5. The van der Waals surface area contributed by atoms with Crippen LogP contribution < -0.4 is 0 Å². The van der Waals surface area contributed by atoms with E-state index in [9.17, 15) is 31.7 Å². The van der Waals surface area contributed by atoms with Crippen molar-refractivity contribution in [3.63, 3.8) is 0 Å². The molecule has 1 aromatic rings. The zero-order chi connectivity index (χ0) is 13.4. The third-order valence-corrected chi connectivity index (χ3v) is 3.03. The summed E-state index contributed by atoms with van der Waals surface area (Å²) >= 11 is 0. The quantitative estimate of drug-likeness (QED) is 0.607. The Hall–Kier alpha value is -1.64. The molecule has 0 aliphatic carbocycles. The number of alkyl halides is 3. The molecule has 1 rings (SSSR count). The predicted molar refractivity (Wildman–Crippen MR) is 51.2 cm³/mol. The standard InChI is InChI=1S/C8H6F3NO4S/c1-17(15,16)7-3-2-5(12(13)14)4-6(7)8(9,10)11/h2-4H,1H3. The van der Waals surface area contributed by atoms with E-state index in [0.29, 0.717) is 18.4 Å². The van der Waals surface area contributed by atoms with Crippen molar-refractivity contribution in [1.82, 2.24) is 0 Å². The molecule has 0 aliphatic heterocycles. The van der Waals surface area contributed by atoms with Crippen LogP contribution in [0.5, 0.6) is 0 Å². The predicted octanol–water partition coefficient (Wildman–Crippen LogP) is 2.02. The fourth-order valence-electron chi connectivity index (χ4n) is 1.18. The summed E-state index contributed by atoms with van der Waals surface area (Å²) in [6.45, 7) is 0. The summed E-state index contributed by atoms with van der Waals surface area (Å²) in [6.07, 6.45) is -4.37. The van der Waals surface area contributed by atoms with E-state index in [2.05, 4.69) is 0 Å². The molecule has 0 saturated carbocycles. The van der Waals surface area contributed by atoms with Crippen LogP contribution >= 0.6 is 0 Å². The van der Waals surface area contributed by atoms with Gasteiger partial charge in [-0.1, -0.05) is 0 Å². The smallest absolute Gasteiger partial charge is 0.258 e. The Morgan fingerprint density at radius 3 is 2.18 bits per heavy atom. The second-order valence-corrected chi connectivity index (χ2v) is 5.19. The van der Waals surface area contributed by atoms with E-state index in [4.69, 9.17) is 0 Å². The lowest BCUT2D eigenvalue weighted by Gasteiger charge is -2.10. The van der Waals surface area contributed by atoms with Crippen molar-refractivity contribution in [2.24, 2.45) is 0 Å². The number of hydrogen-bond donors (Lipinski definition) is 0. The van der Waals surface area contributed by atoms with Crippen LogP contribution in [0, 0.1) is 10.1 Å². The fraction of sp³-hybridized carbons (Fsp3) is 0.250. The van der Waals surface area contributed by atoms with Crippen LogP contribution in [0.2, 0.25) is 0 Å². The number of nitro groups is 1. The van der Waals surface area contributed by atoms with Gasteiger partial charge in [0.2, 0.25) is 0 Å². The van der Waals surface area contributed by atoms with Gasteiger partial charge in [0, 0.05) is 18.4 Å². The largest absolute Gasteiger partial charge is 0.417 e. The number of halogens is 3. The fourth-order valence-corrected chi connectivity index (χ4v) is 2.07. The molecule has 0 bridgehead atoms. The molecule has 0 amide bonds. The first-order chi connectivity index (χ1) is 7.53. The molecule has 5 nitrogen and oxygen atoms in total. The van der Waals surface area contributed by atoms with Crippen LogP contribution in [-0.4, -0.2) is 19.6 Å². The van der Waals surface area contributed by atoms with Gasteiger partial charge >= 0.3 is 6.18 Å². The number of nitrogens with zero attached hydrogens (tertiary/aromatic N) is 1. The minimum absolute atomic E-state index is 0.205. The molecule has 0 N–H and O–H groups in total. The van der Waals surface area contributed by atoms with Gasteiger partial charge in [-0.15, -0.1) is 0 Å². The first kappa shape index (κ1) is 13.4. The van der Waals surface area contributed by atoms with Crippen LogP contribution in [0.3, 0.4) is 0 Å². The summed E-state index contributed by atoms with van der Waals surface area (Å²) < 4.78 is 59.8. The number of sulfone groups is 1. The summed E-state index contributed by atoms with van der Waals surface area (Å²) in [6, 6.07) is 1.50. The lowest BCUT2D eigenvalue weighted by Crippen LogP contribution is -2.12. The van der Waals surface area contributed by atoms with Crippen LogP contribution in [0.1, 0.15) is 5.56 Å². The second kappa shape index (κ2) is 3.99. The van der Waals surface area contributed by atoms with E-state index < -0.39 is 37.1 Å². The third-order valence-electron chi connectivity index (χ3n) is 1.88. The van der Waals surface area contributed by atoms with Gasteiger partial charge < -0.3 is 0 Å². The van der Waals surface area contributed by atoms with Gasteiger partial charge in [-0.3, -0.25) is 10.1 Å². The number of nitro benzene ring substituents is 1. The van der Waals surface area contributed by atoms with E-state index in [1.165, 1.54) is 0 Å². The zero-order valence-electron chi connectivity index (χ0n) is 8.35. The summed E-state index contributed by atoms with van der Waals surface area (Å²) in [5, 5.41) is 10.3. The van der Waals surface area contributed by atoms with Crippen molar-refractivity contribution in [3.8, 4) is 0 Å². The van der Waals surface area contributed by atoms with E-state index in [1.54, 1.807) is 0 Å². The highest BCUT2D eigenvalue weighted by molar-refractivity contribution is 7.90. The lowest BCUT2D eigenvalue weighted by atomic mass is 10.2.